The summed E-state index contributed by atoms with van der Waals surface area (Å²) in [5.41, 5.74) is 3.04. The van der Waals surface area contributed by atoms with Crippen molar-refractivity contribution in [2.75, 3.05) is 13.1 Å². The molecule has 0 bridgehead atoms. The molecule has 5 heterocycles. The van der Waals surface area contributed by atoms with Gasteiger partial charge in [0.2, 0.25) is 0 Å². The molecular weight excluding hydrogens is 577 g/mol. The third-order valence-electron chi connectivity index (χ3n) is 6.48. The van der Waals surface area contributed by atoms with E-state index in [2.05, 4.69) is 5.16 Å². The molecule has 0 saturated carbocycles. The number of halogens is 2. The third-order valence-corrected chi connectivity index (χ3v) is 9.95. The first-order valence-electron chi connectivity index (χ1n) is 12.0. The van der Waals surface area contributed by atoms with E-state index in [1.165, 1.54) is 0 Å². The highest BCUT2D eigenvalue weighted by atomic mass is 35.5. The van der Waals surface area contributed by atoms with Crippen molar-refractivity contribution in [1.29, 1.82) is 0 Å². The molecule has 5 nitrogen and oxygen atoms in total. The van der Waals surface area contributed by atoms with Gasteiger partial charge in [-0.05, 0) is 53.9 Å². The van der Waals surface area contributed by atoms with Crippen molar-refractivity contribution in [3.63, 3.8) is 0 Å². The van der Waals surface area contributed by atoms with E-state index in [1.807, 2.05) is 63.5 Å². The first-order chi connectivity index (χ1) is 18.5. The molecule has 0 unspecified atom stereocenters. The van der Waals surface area contributed by atoms with Crippen molar-refractivity contribution < 1.29 is 9.32 Å². The Morgan fingerprint density at radius 2 is 1.79 bits per heavy atom. The van der Waals surface area contributed by atoms with Gasteiger partial charge in [-0.1, -0.05) is 46.6 Å². The van der Waals surface area contributed by atoms with Crippen LogP contribution in [0.15, 0.2) is 69.2 Å². The smallest absolute Gasteiger partial charge is 0.255 e. The quantitative estimate of drug-likeness (QED) is 0.183. The largest absolute Gasteiger partial charge is 0.354 e. The number of amides is 1. The Hall–Kier alpha value is -2.75. The second-order valence-corrected chi connectivity index (χ2v) is 12.5. The molecule has 0 radical (unpaired) electrons. The van der Waals surface area contributed by atoms with E-state index in [-0.39, 0.29) is 5.91 Å². The van der Waals surface area contributed by atoms with Crippen LogP contribution in [-0.4, -0.2) is 34.0 Å². The summed E-state index contributed by atoms with van der Waals surface area (Å²) in [6, 6.07) is 15.3. The van der Waals surface area contributed by atoms with Gasteiger partial charge in [0.05, 0.1) is 20.6 Å². The van der Waals surface area contributed by atoms with Crippen LogP contribution in [0.3, 0.4) is 0 Å². The Labute approximate surface area is 242 Å². The number of carbonyl (C=O) groups excluding carboxylic acids is 1. The molecule has 4 aromatic heterocycles. The van der Waals surface area contributed by atoms with Gasteiger partial charge in [0.15, 0.2) is 5.76 Å². The summed E-state index contributed by atoms with van der Waals surface area (Å²) in [5.74, 6) is 1.01. The normalized spacial score (nSPS) is 14.8. The molecule has 5 aromatic rings. The number of hydrogen-bond acceptors (Lipinski definition) is 7. The fourth-order valence-corrected chi connectivity index (χ4v) is 7.13. The summed E-state index contributed by atoms with van der Waals surface area (Å²) >= 11 is 17.1. The van der Waals surface area contributed by atoms with Gasteiger partial charge in [-0.15, -0.1) is 34.0 Å². The zero-order valence-corrected chi connectivity index (χ0v) is 23.9. The van der Waals surface area contributed by atoms with Crippen LogP contribution in [0, 0.1) is 0 Å². The maximum atomic E-state index is 13.5. The predicted molar refractivity (Wildman–Crippen MR) is 158 cm³/mol. The molecule has 192 valence electrons. The van der Waals surface area contributed by atoms with Crippen LogP contribution in [0.25, 0.3) is 34.4 Å². The van der Waals surface area contributed by atoms with E-state index >= 15 is 0 Å². The minimum absolute atomic E-state index is 0.0932. The van der Waals surface area contributed by atoms with Crippen LogP contribution < -0.4 is 0 Å². The average molecular weight is 599 g/mol. The lowest BCUT2D eigenvalue weighted by Gasteiger charge is -2.31. The highest BCUT2D eigenvalue weighted by Gasteiger charge is 2.28. The SMILES string of the molecule is O=C(C(=Cc1cccs1)c1cccs1)N1CCC(c2nc(-c3cc(-c4ccc(Cl)c(Cl)c4)no3)cs2)CC1. The average Bonchev–Trinajstić information content (AvgIpc) is 3.76. The standard InChI is InChI=1S/C28H21Cl2N3O2S3/c29-21-6-5-18(13-22(21)30)23-15-25(35-32-23)24-16-38-27(31-24)17-7-9-33(10-8-17)28(34)20(26-4-2-12-37-26)14-19-3-1-11-36-19/h1-6,11-17H,7-10H2. The molecule has 38 heavy (non-hydrogen) atoms. The molecule has 1 saturated heterocycles. The van der Waals surface area contributed by atoms with Gasteiger partial charge in [0.25, 0.3) is 5.91 Å². The summed E-state index contributed by atoms with van der Waals surface area (Å²) in [5, 5.41) is 12.3. The van der Waals surface area contributed by atoms with Crippen LogP contribution in [0.5, 0.6) is 0 Å². The van der Waals surface area contributed by atoms with Crippen molar-refractivity contribution in [1.82, 2.24) is 15.0 Å². The number of hydrogen-bond donors (Lipinski definition) is 0. The molecule has 1 fully saturated rings. The highest BCUT2D eigenvalue weighted by molar-refractivity contribution is 7.12. The fourth-order valence-electron chi connectivity index (χ4n) is 4.46. The Morgan fingerprint density at radius 1 is 0.974 bits per heavy atom. The van der Waals surface area contributed by atoms with Gasteiger partial charge < -0.3 is 9.42 Å². The predicted octanol–water partition coefficient (Wildman–Crippen LogP) is 8.84. The Kier molecular flexibility index (Phi) is 7.50. The number of rotatable bonds is 6. The highest BCUT2D eigenvalue weighted by Crippen LogP contribution is 2.36. The lowest BCUT2D eigenvalue weighted by atomic mass is 9.96. The molecule has 1 aliphatic heterocycles. The fraction of sp³-hybridized carbons (Fsp3) is 0.179. The Balaban J connectivity index is 1.13. The summed E-state index contributed by atoms with van der Waals surface area (Å²) in [4.78, 5) is 22.5. The van der Waals surface area contributed by atoms with Gasteiger partial charge in [-0.3, -0.25) is 4.79 Å². The van der Waals surface area contributed by atoms with E-state index in [4.69, 9.17) is 32.7 Å². The van der Waals surface area contributed by atoms with E-state index in [9.17, 15) is 4.79 Å². The van der Waals surface area contributed by atoms with Crippen LogP contribution >= 0.6 is 57.2 Å². The number of piperidine rings is 1. The Bertz CT molecular complexity index is 1580. The lowest BCUT2D eigenvalue weighted by Crippen LogP contribution is -2.38. The summed E-state index contributed by atoms with van der Waals surface area (Å²) in [6.07, 6.45) is 3.77. The van der Waals surface area contributed by atoms with Crippen LogP contribution in [0.2, 0.25) is 10.0 Å². The van der Waals surface area contributed by atoms with E-state index in [0.717, 1.165) is 44.4 Å². The van der Waals surface area contributed by atoms with Crippen LogP contribution in [0.4, 0.5) is 0 Å². The third kappa shape index (κ3) is 5.37. The van der Waals surface area contributed by atoms with Gasteiger partial charge in [-0.25, -0.2) is 4.98 Å². The maximum Gasteiger partial charge on any atom is 0.255 e. The molecule has 0 N–H and O–H groups in total. The van der Waals surface area contributed by atoms with Gasteiger partial charge in [-0.2, -0.15) is 0 Å². The first-order valence-corrected chi connectivity index (χ1v) is 15.4. The van der Waals surface area contributed by atoms with E-state index < -0.39 is 0 Å². The molecule has 1 aliphatic rings. The molecule has 6 rings (SSSR count). The zero-order chi connectivity index (χ0) is 26.1. The minimum Gasteiger partial charge on any atom is -0.354 e. The van der Waals surface area contributed by atoms with Crippen molar-refractivity contribution in [2.24, 2.45) is 0 Å². The Morgan fingerprint density at radius 3 is 2.53 bits per heavy atom. The summed E-state index contributed by atoms with van der Waals surface area (Å²) < 4.78 is 5.59. The summed E-state index contributed by atoms with van der Waals surface area (Å²) in [7, 11) is 0. The lowest BCUT2D eigenvalue weighted by molar-refractivity contribution is -0.125. The van der Waals surface area contributed by atoms with Crippen LogP contribution in [0.1, 0.15) is 33.5 Å². The number of thiophene rings is 2. The number of nitrogens with zero attached hydrogens (tertiary/aromatic N) is 3. The number of likely N-dealkylation sites (tertiary alicyclic amines) is 1. The van der Waals surface area contributed by atoms with Gasteiger partial charge in [0, 0.05) is 45.8 Å². The number of aromatic nitrogens is 2. The van der Waals surface area contributed by atoms with Crippen molar-refractivity contribution in [3.8, 4) is 22.7 Å². The van der Waals surface area contributed by atoms with Crippen molar-refractivity contribution in [3.05, 3.63) is 89.5 Å². The van der Waals surface area contributed by atoms with E-state index in [1.54, 1.807) is 46.1 Å². The molecule has 0 atom stereocenters. The molecule has 0 spiro atoms. The molecule has 1 aromatic carbocycles. The monoisotopic (exact) mass is 597 g/mol. The maximum absolute atomic E-state index is 13.5. The zero-order valence-electron chi connectivity index (χ0n) is 20.0. The first kappa shape index (κ1) is 25.5. The van der Waals surface area contributed by atoms with Crippen molar-refractivity contribution in [2.45, 2.75) is 18.8 Å². The number of benzene rings is 1. The van der Waals surface area contributed by atoms with Gasteiger partial charge in [0.1, 0.15) is 11.4 Å². The number of carbonyl (C=O) groups is 1. The second kappa shape index (κ2) is 11.2. The molecule has 1 amide bonds. The van der Waals surface area contributed by atoms with Gasteiger partial charge >= 0.3 is 0 Å². The van der Waals surface area contributed by atoms with E-state index in [0.29, 0.717) is 40.5 Å². The second-order valence-electron chi connectivity index (χ2n) is 8.89. The van der Waals surface area contributed by atoms with Crippen LogP contribution in [-0.2, 0) is 4.79 Å². The topological polar surface area (TPSA) is 59.2 Å². The summed E-state index contributed by atoms with van der Waals surface area (Å²) in [6.45, 7) is 1.41. The van der Waals surface area contributed by atoms with Crippen molar-refractivity contribution >= 4 is 74.8 Å². The molecule has 10 heteroatoms. The molecular formula is C28H21Cl2N3O2S3. The molecule has 0 aliphatic carbocycles. The number of thiazole rings is 1. The minimum atomic E-state index is 0.0932.